The molecule has 0 aliphatic rings. The number of ether oxygens (including phenoxy) is 2. The second kappa shape index (κ2) is 5.75. The Morgan fingerprint density at radius 1 is 1.37 bits per heavy atom. The van der Waals surface area contributed by atoms with Crippen LogP contribution < -0.4 is 4.74 Å². The molecule has 0 N–H and O–H groups in total. The van der Waals surface area contributed by atoms with Crippen molar-refractivity contribution in [1.29, 1.82) is 0 Å². The van der Waals surface area contributed by atoms with E-state index in [-0.39, 0.29) is 17.5 Å². The zero-order chi connectivity index (χ0) is 13.8. The molecule has 2 aromatic rings. The summed E-state index contributed by atoms with van der Waals surface area (Å²) in [5.41, 5.74) is 0. The Kier molecular flexibility index (Phi) is 4.06. The van der Waals surface area contributed by atoms with Gasteiger partial charge in [-0.3, -0.25) is 0 Å². The summed E-state index contributed by atoms with van der Waals surface area (Å²) < 4.78 is 23.5. The van der Waals surface area contributed by atoms with Gasteiger partial charge in [0.05, 0.1) is 11.6 Å². The minimum absolute atomic E-state index is 0.113. The number of esters is 1. The van der Waals surface area contributed by atoms with Gasteiger partial charge in [-0.05, 0) is 28.1 Å². The summed E-state index contributed by atoms with van der Waals surface area (Å²) in [6.45, 7) is 0. The lowest BCUT2D eigenvalue weighted by Crippen LogP contribution is -2.07. The first-order chi connectivity index (χ1) is 9.10. The van der Waals surface area contributed by atoms with E-state index < -0.39 is 11.8 Å². The lowest BCUT2D eigenvalue weighted by molar-refractivity contribution is 0.0585. The van der Waals surface area contributed by atoms with Crippen molar-refractivity contribution < 1.29 is 18.7 Å². The minimum Gasteiger partial charge on any atom is -0.463 e. The summed E-state index contributed by atoms with van der Waals surface area (Å²) in [4.78, 5) is 18.9. The maximum absolute atomic E-state index is 13.1. The average molecular weight is 327 g/mol. The summed E-state index contributed by atoms with van der Waals surface area (Å²) in [6, 6.07) is 5.44. The topological polar surface area (TPSA) is 61.3 Å². The molecule has 1 heterocycles. The van der Waals surface area contributed by atoms with E-state index in [0.29, 0.717) is 4.47 Å². The van der Waals surface area contributed by atoms with Crippen molar-refractivity contribution in [3.63, 3.8) is 0 Å². The first-order valence-corrected chi connectivity index (χ1v) is 5.93. The van der Waals surface area contributed by atoms with E-state index in [4.69, 9.17) is 4.74 Å². The molecule has 0 fully saturated rings. The second-order valence-electron chi connectivity index (χ2n) is 3.39. The molecule has 0 atom stereocenters. The molecule has 0 aliphatic carbocycles. The average Bonchev–Trinajstić information content (AvgIpc) is 2.42. The number of nitrogens with zero attached hydrogens (tertiary/aromatic N) is 2. The van der Waals surface area contributed by atoms with Gasteiger partial charge in [0.1, 0.15) is 11.6 Å². The minimum atomic E-state index is -0.677. The van der Waals surface area contributed by atoms with E-state index in [9.17, 15) is 9.18 Å². The fourth-order valence-corrected chi connectivity index (χ4v) is 1.58. The van der Waals surface area contributed by atoms with Gasteiger partial charge in [0.2, 0.25) is 11.7 Å². The van der Waals surface area contributed by atoms with E-state index in [2.05, 4.69) is 30.6 Å². The van der Waals surface area contributed by atoms with Crippen molar-refractivity contribution in [3.8, 4) is 11.6 Å². The summed E-state index contributed by atoms with van der Waals surface area (Å²) in [6.07, 6.45) is 1.35. The predicted molar refractivity (Wildman–Crippen MR) is 67.5 cm³/mol. The number of hydrogen-bond donors (Lipinski definition) is 0. The number of benzene rings is 1. The van der Waals surface area contributed by atoms with E-state index in [1.165, 1.54) is 37.6 Å². The molecular formula is C12H8BrFN2O3. The van der Waals surface area contributed by atoms with E-state index in [1.807, 2.05) is 0 Å². The molecule has 1 aromatic carbocycles. The molecule has 7 heteroatoms. The SMILES string of the molecule is COC(=O)c1nccc(Oc2cc(F)ccc2Br)n1. The number of aromatic nitrogens is 2. The largest absolute Gasteiger partial charge is 0.463 e. The van der Waals surface area contributed by atoms with E-state index >= 15 is 0 Å². The molecule has 98 valence electrons. The van der Waals surface area contributed by atoms with Crippen LogP contribution in [0.5, 0.6) is 11.6 Å². The molecule has 0 saturated carbocycles. The third-order valence-electron chi connectivity index (χ3n) is 2.11. The van der Waals surface area contributed by atoms with Gasteiger partial charge >= 0.3 is 5.97 Å². The number of halogens is 2. The standard InChI is InChI=1S/C12H8BrFN2O3/c1-18-12(17)11-15-5-4-10(16-11)19-9-6-7(14)2-3-8(9)13/h2-6H,1H3. The van der Waals surface area contributed by atoms with E-state index in [1.54, 1.807) is 0 Å². The number of carbonyl (C=O) groups excluding carboxylic acids is 1. The third-order valence-corrected chi connectivity index (χ3v) is 2.76. The monoisotopic (exact) mass is 326 g/mol. The highest BCUT2D eigenvalue weighted by atomic mass is 79.9. The Hall–Kier alpha value is -2.02. The first kappa shape index (κ1) is 13.4. The Balaban J connectivity index is 2.28. The zero-order valence-electron chi connectivity index (χ0n) is 9.76. The molecule has 0 aliphatic heterocycles. The molecule has 1 aromatic heterocycles. The maximum atomic E-state index is 13.1. The van der Waals surface area contributed by atoms with Crippen LogP contribution in [0.2, 0.25) is 0 Å². The van der Waals surface area contributed by atoms with E-state index in [0.717, 1.165) is 0 Å². The van der Waals surface area contributed by atoms with Crippen LogP contribution in [0.1, 0.15) is 10.6 Å². The summed E-state index contributed by atoms with van der Waals surface area (Å²) in [7, 11) is 1.22. The lowest BCUT2D eigenvalue weighted by Gasteiger charge is -2.07. The van der Waals surface area contributed by atoms with Crippen LogP contribution >= 0.6 is 15.9 Å². The van der Waals surface area contributed by atoms with Crippen molar-refractivity contribution >= 4 is 21.9 Å². The fourth-order valence-electron chi connectivity index (χ4n) is 1.26. The molecule has 0 amide bonds. The van der Waals surface area contributed by atoms with Crippen LogP contribution in [0.15, 0.2) is 34.9 Å². The van der Waals surface area contributed by atoms with Crippen LogP contribution in [0.4, 0.5) is 4.39 Å². The van der Waals surface area contributed by atoms with Gasteiger partial charge in [-0.1, -0.05) is 0 Å². The maximum Gasteiger partial charge on any atom is 0.376 e. The molecule has 0 bridgehead atoms. The number of methoxy groups -OCH3 is 1. The smallest absolute Gasteiger partial charge is 0.376 e. The Morgan fingerprint density at radius 2 is 2.16 bits per heavy atom. The molecular weight excluding hydrogens is 319 g/mol. The van der Waals surface area contributed by atoms with Crippen LogP contribution in [-0.4, -0.2) is 23.0 Å². The van der Waals surface area contributed by atoms with Crippen molar-refractivity contribution in [3.05, 3.63) is 46.6 Å². The Bertz CT molecular complexity index is 622. The van der Waals surface area contributed by atoms with Crippen molar-refractivity contribution in [2.24, 2.45) is 0 Å². The molecule has 0 unspecified atom stereocenters. The molecule has 0 radical (unpaired) electrons. The highest BCUT2D eigenvalue weighted by Gasteiger charge is 2.11. The van der Waals surface area contributed by atoms with Gasteiger partial charge in [-0.2, -0.15) is 4.98 Å². The summed E-state index contributed by atoms with van der Waals surface area (Å²) >= 11 is 3.22. The molecule has 0 saturated heterocycles. The summed E-state index contributed by atoms with van der Waals surface area (Å²) in [5, 5.41) is 0. The second-order valence-corrected chi connectivity index (χ2v) is 4.24. The highest BCUT2D eigenvalue weighted by Crippen LogP contribution is 2.29. The van der Waals surface area contributed by atoms with Gasteiger partial charge in [0.15, 0.2) is 0 Å². The van der Waals surface area contributed by atoms with Gasteiger partial charge in [0.25, 0.3) is 0 Å². The summed E-state index contributed by atoms with van der Waals surface area (Å²) in [5.74, 6) is -0.895. The van der Waals surface area contributed by atoms with Crippen molar-refractivity contribution in [2.45, 2.75) is 0 Å². The van der Waals surface area contributed by atoms with Crippen LogP contribution in [0, 0.1) is 5.82 Å². The van der Waals surface area contributed by atoms with Gasteiger partial charge < -0.3 is 9.47 Å². The van der Waals surface area contributed by atoms with Crippen LogP contribution in [-0.2, 0) is 4.74 Å². The molecule has 19 heavy (non-hydrogen) atoms. The van der Waals surface area contributed by atoms with Gasteiger partial charge in [-0.15, -0.1) is 0 Å². The van der Waals surface area contributed by atoms with Crippen molar-refractivity contribution in [2.75, 3.05) is 7.11 Å². The normalized spacial score (nSPS) is 10.1. The van der Waals surface area contributed by atoms with Crippen LogP contribution in [0.3, 0.4) is 0 Å². The van der Waals surface area contributed by atoms with Gasteiger partial charge in [-0.25, -0.2) is 14.2 Å². The number of carbonyl (C=O) groups is 1. The number of hydrogen-bond acceptors (Lipinski definition) is 5. The quantitative estimate of drug-likeness (QED) is 0.811. The molecule has 0 spiro atoms. The third kappa shape index (κ3) is 3.25. The zero-order valence-corrected chi connectivity index (χ0v) is 11.3. The van der Waals surface area contributed by atoms with Crippen LogP contribution in [0.25, 0.3) is 0 Å². The predicted octanol–water partition coefficient (Wildman–Crippen LogP) is 2.96. The molecule has 2 rings (SSSR count). The molecule has 5 nitrogen and oxygen atoms in total. The lowest BCUT2D eigenvalue weighted by atomic mass is 10.3. The Morgan fingerprint density at radius 3 is 2.89 bits per heavy atom. The number of rotatable bonds is 3. The fraction of sp³-hybridized carbons (Fsp3) is 0.0833. The van der Waals surface area contributed by atoms with Gasteiger partial charge in [0, 0.05) is 18.3 Å². The first-order valence-electron chi connectivity index (χ1n) is 5.14. The Labute approximate surface area is 116 Å². The van der Waals surface area contributed by atoms with Crippen molar-refractivity contribution in [1.82, 2.24) is 9.97 Å². The highest BCUT2D eigenvalue weighted by molar-refractivity contribution is 9.10.